The Morgan fingerprint density at radius 1 is 0.815 bits per heavy atom. The molecule has 1 unspecified atom stereocenters. The van der Waals surface area contributed by atoms with Crippen LogP contribution >= 0.6 is 0 Å². The van der Waals surface area contributed by atoms with E-state index in [0.29, 0.717) is 5.70 Å². The van der Waals surface area contributed by atoms with Gasteiger partial charge in [-0.3, -0.25) is 4.99 Å². The number of benzene rings is 3. The molecule has 3 aromatic carbocycles. The highest BCUT2D eigenvalue weighted by atomic mass is 14.8. The average molecular weight is 354 g/mol. The third-order valence-corrected chi connectivity index (χ3v) is 4.53. The third kappa shape index (κ3) is 4.95. The van der Waals surface area contributed by atoms with Gasteiger partial charge in [-0.05, 0) is 43.5 Å². The van der Waals surface area contributed by atoms with Crippen molar-refractivity contribution in [1.29, 1.82) is 0 Å². The van der Waals surface area contributed by atoms with E-state index < -0.39 is 0 Å². The highest BCUT2D eigenvalue weighted by molar-refractivity contribution is 6.12. The van der Waals surface area contributed by atoms with Gasteiger partial charge < -0.3 is 5.73 Å². The summed E-state index contributed by atoms with van der Waals surface area (Å²) in [5, 5.41) is 0. The fourth-order valence-corrected chi connectivity index (χ4v) is 3.20. The van der Waals surface area contributed by atoms with E-state index in [4.69, 9.17) is 10.7 Å². The van der Waals surface area contributed by atoms with Gasteiger partial charge in [-0.1, -0.05) is 90.0 Å². The summed E-state index contributed by atoms with van der Waals surface area (Å²) in [5.74, 6) is 0. The van der Waals surface area contributed by atoms with Gasteiger partial charge in [-0.25, -0.2) is 0 Å². The van der Waals surface area contributed by atoms with Crippen LogP contribution in [0.4, 0.5) is 0 Å². The molecule has 0 saturated heterocycles. The van der Waals surface area contributed by atoms with Crippen molar-refractivity contribution in [3.05, 3.63) is 113 Å². The second-order valence-electron chi connectivity index (χ2n) is 6.94. The highest BCUT2D eigenvalue weighted by Crippen LogP contribution is 2.22. The van der Waals surface area contributed by atoms with Crippen LogP contribution in [0.5, 0.6) is 0 Å². The van der Waals surface area contributed by atoms with Gasteiger partial charge in [0.25, 0.3) is 0 Å². The largest absolute Gasteiger partial charge is 0.398 e. The second kappa shape index (κ2) is 8.50. The first-order valence-corrected chi connectivity index (χ1v) is 9.27. The zero-order valence-electron chi connectivity index (χ0n) is 16.2. The minimum absolute atomic E-state index is 0.0404. The summed E-state index contributed by atoms with van der Waals surface area (Å²) in [6, 6.07) is 26.8. The van der Waals surface area contributed by atoms with E-state index in [1.54, 1.807) is 0 Å². The number of hydrogen-bond donors (Lipinski definition) is 1. The van der Waals surface area contributed by atoms with Crippen molar-refractivity contribution in [1.82, 2.24) is 0 Å². The maximum Gasteiger partial charge on any atom is 0.0728 e. The Kier molecular flexibility index (Phi) is 5.87. The predicted molar refractivity (Wildman–Crippen MR) is 116 cm³/mol. The molecular weight excluding hydrogens is 328 g/mol. The van der Waals surface area contributed by atoms with Gasteiger partial charge in [0.15, 0.2) is 0 Å². The number of nitrogens with zero attached hydrogens (tertiary/aromatic N) is 1. The van der Waals surface area contributed by atoms with Gasteiger partial charge in [0.1, 0.15) is 0 Å². The fourth-order valence-electron chi connectivity index (χ4n) is 3.20. The van der Waals surface area contributed by atoms with Crippen molar-refractivity contribution < 1.29 is 0 Å². The molecule has 2 nitrogen and oxygen atoms in total. The Labute approximate surface area is 162 Å². The van der Waals surface area contributed by atoms with E-state index in [0.717, 1.165) is 16.8 Å². The Balaban J connectivity index is 2.03. The normalized spacial score (nSPS) is 13.4. The van der Waals surface area contributed by atoms with Crippen LogP contribution in [-0.2, 0) is 0 Å². The standard InChI is InChI=1S/C25H26N2/c1-18-14-19(2)16-23(15-18)20(3)27-25(22-12-8-5-9-13-22)17-24(26)21-10-6-4-7-11-21/h4-17,20H,26H2,1-3H3/b24-17-,27-25?. The first-order valence-electron chi connectivity index (χ1n) is 9.27. The zero-order chi connectivity index (χ0) is 19.2. The molecule has 0 spiro atoms. The Hall–Kier alpha value is -3.13. The quantitative estimate of drug-likeness (QED) is 0.573. The summed E-state index contributed by atoms with van der Waals surface area (Å²) in [7, 11) is 0. The van der Waals surface area contributed by atoms with Crippen LogP contribution in [0.25, 0.3) is 5.70 Å². The Bertz CT molecular complexity index is 934. The summed E-state index contributed by atoms with van der Waals surface area (Å²) in [4.78, 5) is 5.02. The van der Waals surface area contributed by atoms with E-state index in [9.17, 15) is 0 Å². The summed E-state index contributed by atoms with van der Waals surface area (Å²) < 4.78 is 0. The molecule has 0 fully saturated rings. The van der Waals surface area contributed by atoms with Crippen LogP contribution in [0.3, 0.4) is 0 Å². The molecule has 0 saturated carbocycles. The maximum absolute atomic E-state index is 6.38. The van der Waals surface area contributed by atoms with Crippen LogP contribution < -0.4 is 5.73 Å². The minimum Gasteiger partial charge on any atom is -0.398 e. The van der Waals surface area contributed by atoms with E-state index in [1.165, 1.54) is 16.7 Å². The van der Waals surface area contributed by atoms with E-state index in [-0.39, 0.29) is 6.04 Å². The molecule has 0 heterocycles. The highest BCUT2D eigenvalue weighted by Gasteiger charge is 2.09. The maximum atomic E-state index is 6.38. The molecule has 27 heavy (non-hydrogen) atoms. The Morgan fingerprint density at radius 3 is 1.89 bits per heavy atom. The number of allylic oxidation sites excluding steroid dienone is 1. The monoisotopic (exact) mass is 354 g/mol. The number of nitrogens with two attached hydrogens (primary N) is 1. The molecule has 0 amide bonds. The molecule has 0 aliphatic carbocycles. The summed E-state index contributed by atoms with van der Waals surface area (Å²) in [6.07, 6.45) is 1.98. The lowest BCUT2D eigenvalue weighted by molar-refractivity contribution is 0.819. The van der Waals surface area contributed by atoms with Crippen molar-refractivity contribution in [2.24, 2.45) is 10.7 Å². The number of rotatable bonds is 5. The van der Waals surface area contributed by atoms with E-state index in [1.807, 2.05) is 54.6 Å². The van der Waals surface area contributed by atoms with Gasteiger partial charge in [-0.15, -0.1) is 0 Å². The van der Waals surface area contributed by atoms with Crippen LogP contribution in [0.2, 0.25) is 0 Å². The van der Waals surface area contributed by atoms with Gasteiger partial charge in [0.2, 0.25) is 0 Å². The lowest BCUT2D eigenvalue weighted by Crippen LogP contribution is -2.06. The molecule has 2 N–H and O–H groups in total. The van der Waals surface area contributed by atoms with Crippen molar-refractivity contribution in [3.8, 4) is 0 Å². The fraction of sp³-hybridized carbons (Fsp3) is 0.160. The average Bonchev–Trinajstić information content (AvgIpc) is 2.68. The van der Waals surface area contributed by atoms with Gasteiger partial charge >= 0.3 is 0 Å². The molecule has 0 bridgehead atoms. The lowest BCUT2D eigenvalue weighted by atomic mass is 10.0. The smallest absolute Gasteiger partial charge is 0.0728 e. The summed E-state index contributed by atoms with van der Waals surface area (Å²) in [5.41, 5.74) is 13.8. The predicted octanol–water partition coefficient (Wildman–Crippen LogP) is 5.85. The summed E-state index contributed by atoms with van der Waals surface area (Å²) >= 11 is 0. The van der Waals surface area contributed by atoms with Crippen molar-refractivity contribution in [2.45, 2.75) is 26.8 Å². The minimum atomic E-state index is 0.0404. The van der Waals surface area contributed by atoms with Gasteiger partial charge in [-0.2, -0.15) is 0 Å². The van der Waals surface area contributed by atoms with Gasteiger partial charge in [0.05, 0.1) is 11.8 Å². The number of aryl methyl sites for hydroxylation is 2. The molecular formula is C25H26N2. The first kappa shape index (κ1) is 18.7. The van der Waals surface area contributed by atoms with Crippen molar-refractivity contribution >= 4 is 11.4 Å². The zero-order valence-corrected chi connectivity index (χ0v) is 16.2. The van der Waals surface area contributed by atoms with Crippen LogP contribution in [0.1, 0.15) is 40.8 Å². The van der Waals surface area contributed by atoms with Crippen LogP contribution in [0, 0.1) is 13.8 Å². The van der Waals surface area contributed by atoms with Crippen LogP contribution in [0.15, 0.2) is 89.9 Å². The molecule has 136 valence electrons. The summed E-state index contributed by atoms with van der Waals surface area (Å²) in [6.45, 7) is 6.38. The second-order valence-corrected chi connectivity index (χ2v) is 6.94. The molecule has 0 radical (unpaired) electrons. The first-order chi connectivity index (χ1) is 13.0. The molecule has 3 rings (SSSR count). The Morgan fingerprint density at radius 2 is 1.33 bits per heavy atom. The van der Waals surface area contributed by atoms with Gasteiger partial charge in [0, 0.05) is 5.70 Å². The molecule has 0 aliphatic rings. The third-order valence-electron chi connectivity index (χ3n) is 4.53. The van der Waals surface area contributed by atoms with Crippen molar-refractivity contribution in [3.63, 3.8) is 0 Å². The SMILES string of the molecule is Cc1cc(C)cc(C(C)N=C(/C=C(\N)c2ccccc2)c2ccccc2)c1. The molecule has 0 aromatic heterocycles. The molecule has 2 heteroatoms. The van der Waals surface area contributed by atoms with Crippen LogP contribution in [-0.4, -0.2) is 5.71 Å². The van der Waals surface area contributed by atoms with E-state index in [2.05, 4.69) is 51.1 Å². The topological polar surface area (TPSA) is 38.4 Å². The number of aliphatic imine (C=N–C) groups is 1. The number of hydrogen-bond acceptors (Lipinski definition) is 2. The molecule has 1 atom stereocenters. The van der Waals surface area contributed by atoms with Crippen molar-refractivity contribution in [2.75, 3.05) is 0 Å². The molecule has 0 aliphatic heterocycles. The molecule has 3 aromatic rings. The lowest BCUT2D eigenvalue weighted by Gasteiger charge is -2.13. The van der Waals surface area contributed by atoms with E-state index >= 15 is 0 Å².